The van der Waals surface area contributed by atoms with Crippen LogP contribution >= 0.6 is 0 Å². The highest BCUT2D eigenvalue weighted by Crippen LogP contribution is 2.29. The van der Waals surface area contributed by atoms with Gasteiger partial charge in [0, 0.05) is 24.7 Å². The summed E-state index contributed by atoms with van der Waals surface area (Å²) in [5.74, 6) is 1.26. The van der Waals surface area contributed by atoms with Crippen LogP contribution in [0.25, 0.3) is 0 Å². The molecule has 7 nitrogen and oxygen atoms in total. The zero-order chi connectivity index (χ0) is 18.6. The second-order valence-electron chi connectivity index (χ2n) is 6.42. The summed E-state index contributed by atoms with van der Waals surface area (Å²) in [4.78, 5) is 4.49. The summed E-state index contributed by atoms with van der Waals surface area (Å²) in [6.45, 7) is 3.54. The fourth-order valence-corrected chi connectivity index (χ4v) is 4.83. The third-order valence-corrected chi connectivity index (χ3v) is 6.09. The van der Waals surface area contributed by atoms with Crippen LogP contribution in [0.4, 0.5) is 4.39 Å². The van der Waals surface area contributed by atoms with E-state index in [9.17, 15) is 12.8 Å². The Morgan fingerprint density at radius 3 is 3.00 bits per heavy atom. The van der Waals surface area contributed by atoms with Crippen molar-refractivity contribution in [3.63, 3.8) is 0 Å². The highest BCUT2D eigenvalue weighted by molar-refractivity contribution is 7.91. The molecule has 0 aliphatic carbocycles. The molecule has 1 saturated heterocycles. The maximum Gasteiger partial charge on any atom is 0.191 e. The molecular weight excluding hydrogens is 361 g/mol. The first-order valence-corrected chi connectivity index (χ1v) is 10.6. The number of nitrogens with zero attached hydrogens (tertiary/aromatic N) is 1. The number of fused-ring (bicyclic) bond motifs is 1. The molecule has 0 saturated carbocycles. The Morgan fingerprint density at radius 2 is 2.27 bits per heavy atom. The van der Waals surface area contributed by atoms with Gasteiger partial charge in [-0.25, -0.2) is 12.8 Å². The van der Waals surface area contributed by atoms with Crippen LogP contribution in [0, 0.1) is 5.82 Å². The van der Waals surface area contributed by atoms with Crippen molar-refractivity contribution in [1.82, 2.24) is 10.6 Å². The number of guanidine groups is 1. The van der Waals surface area contributed by atoms with Crippen LogP contribution in [0.5, 0.6) is 5.75 Å². The first kappa shape index (κ1) is 18.9. The lowest BCUT2D eigenvalue weighted by Crippen LogP contribution is -2.44. The lowest BCUT2D eigenvalue weighted by atomic mass is 10.1. The van der Waals surface area contributed by atoms with E-state index in [-0.39, 0.29) is 30.2 Å². The lowest BCUT2D eigenvalue weighted by Gasteiger charge is -2.20. The summed E-state index contributed by atoms with van der Waals surface area (Å²) in [7, 11) is -2.95. The molecule has 1 aromatic rings. The standard InChI is InChI=1S/C17H24FN3O4S/c1-2-19-17(21-15-4-6-26(22,23)10-15)20-5-3-12-7-14(18)8-13-9-24-11-25-16(12)13/h7-8,15H,2-6,9-11H2,1H3,(H2,19,20,21). The average molecular weight is 385 g/mol. The van der Waals surface area contributed by atoms with Gasteiger partial charge in [-0.05, 0) is 37.5 Å². The molecule has 2 aliphatic heterocycles. The van der Waals surface area contributed by atoms with Crippen LogP contribution in [-0.4, -0.2) is 51.8 Å². The number of aliphatic imine (C=N–C) groups is 1. The van der Waals surface area contributed by atoms with Gasteiger partial charge in [-0.1, -0.05) is 0 Å². The Hall–Kier alpha value is -1.87. The molecule has 0 aromatic heterocycles. The monoisotopic (exact) mass is 385 g/mol. The minimum absolute atomic E-state index is 0.125. The Labute approximate surface area is 152 Å². The molecule has 1 fully saturated rings. The minimum atomic E-state index is -2.95. The van der Waals surface area contributed by atoms with Crippen molar-refractivity contribution in [3.8, 4) is 5.75 Å². The topological polar surface area (TPSA) is 89.0 Å². The van der Waals surface area contributed by atoms with Gasteiger partial charge < -0.3 is 20.1 Å². The van der Waals surface area contributed by atoms with Gasteiger partial charge in [0.25, 0.3) is 0 Å². The first-order chi connectivity index (χ1) is 12.5. The second-order valence-corrected chi connectivity index (χ2v) is 8.65. The predicted octanol–water partition coefficient (Wildman–Crippen LogP) is 0.977. The summed E-state index contributed by atoms with van der Waals surface area (Å²) in [5.41, 5.74) is 1.46. The molecule has 0 spiro atoms. The molecule has 9 heteroatoms. The maximum atomic E-state index is 13.8. The smallest absolute Gasteiger partial charge is 0.191 e. The molecule has 2 N–H and O–H groups in total. The van der Waals surface area contributed by atoms with Crippen molar-refractivity contribution in [2.45, 2.75) is 32.4 Å². The summed E-state index contributed by atoms with van der Waals surface area (Å²) < 4.78 is 47.6. The molecule has 0 radical (unpaired) electrons. The Morgan fingerprint density at radius 1 is 1.42 bits per heavy atom. The Balaban J connectivity index is 1.64. The molecule has 144 valence electrons. The lowest BCUT2D eigenvalue weighted by molar-refractivity contribution is -0.0172. The van der Waals surface area contributed by atoms with Gasteiger partial charge in [0.15, 0.2) is 22.6 Å². The normalized spacial score (nSPS) is 21.8. The number of hydrogen-bond acceptors (Lipinski definition) is 5. The number of rotatable bonds is 5. The Kier molecular flexibility index (Phi) is 5.98. The van der Waals surface area contributed by atoms with E-state index in [0.29, 0.717) is 49.8 Å². The molecule has 2 aliphatic rings. The zero-order valence-corrected chi connectivity index (χ0v) is 15.6. The average Bonchev–Trinajstić information content (AvgIpc) is 2.93. The minimum Gasteiger partial charge on any atom is -0.467 e. The number of hydrogen-bond donors (Lipinski definition) is 2. The molecule has 1 unspecified atom stereocenters. The number of ether oxygens (including phenoxy) is 2. The summed E-state index contributed by atoms with van der Waals surface area (Å²) >= 11 is 0. The summed E-state index contributed by atoms with van der Waals surface area (Å²) in [6, 6.07) is 2.76. The van der Waals surface area contributed by atoms with Gasteiger partial charge in [0.2, 0.25) is 0 Å². The van der Waals surface area contributed by atoms with Crippen molar-refractivity contribution in [1.29, 1.82) is 0 Å². The van der Waals surface area contributed by atoms with Crippen molar-refractivity contribution in [3.05, 3.63) is 29.1 Å². The van der Waals surface area contributed by atoms with Crippen molar-refractivity contribution < 1.29 is 22.3 Å². The van der Waals surface area contributed by atoms with E-state index in [1.807, 2.05) is 6.92 Å². The molecule has 26 heavy (non-hydrogen) atoms. The van der Waals surface area contributed by atoms with Crippen LogP contribution in [-0.2, 0) is 27.6 Å². The van der Waals surface area contributed by atoms with Gasteiger partial charge in [0.1, 0.15) is 11.6 Å². The van der Waals surface area contributed by atoms with E-state index in [4.69, 9.17) is 9.47 Å². The van der Waals surface area contributed by atoms with Crippen LogP contribution in [0.15, 0.2) is 17.1 Å². The third-order valence-electron chi connectivity index (χ3n) is 4.32. The van der Waals surface area contributed by atoms with Crippen molar-refractivity contribution in [2.24, 2.45) is 4.99 Å². The maximum absolute atomic E-state index is 13.8. The number of halogens is 1. The quantitative estimate of drug-likeness (QED) is 0.580. The fraction of sp³-hybridized carbons (Fsp3) is 0.588. The number of sulfone groups is 1. The second kappa shape index (κ2) is 8.22. The summed E-state index contributed by atoms with van der Waals surface area (Å²) in [6.07, 6.45) is 1.09. The van der Waals surface area contributed by atoms with Crippen LogP contribution < -0.4 is 15.4 Å². The molecule has 1 aromatic carbocycles. The van der Waals surface area contributed by atoms with Crippen molar-refractivity contribution in [2.75, 3.05) is 31.4 Å². The van der Waals surface area contributed by atoms with E-state index in [1.165, 1.54) is 12.1 Å². The van der Waals surface area contributed by atoms with E-state index in [1.54, 1.807) is 0 Å². The molecule has 2 heterocycles. The van der Waals surface area contributed by atoms with Gasteiger partial charge >= 0.3 is 0 Å². The Bertz CT molecular complexity index is 782. The molecule has 1 atom stereocenters. The third kappa shape index (κ3) is 4.85. The molecule has 3 rings (SSSR count). The molecule has 0 bridgehead atoms. The van der Waals surface area contributed by atoms with E-state index >= 15 is 0 Å². The van der Waals surface area contributed by atoms with Crippen molar-refractivity contribution >= 4 is 15.8 Å². The van der Waals surface area contributed by atoms with Crippen LogP contribution in [0.2, 0.25) is 0 Å². The van der Waals surface area contributed by atoms with Gasteiger partial charge in [0.05, 0.1) is 18.1 Å². The highest BCUT2D eigenvalue weighted by Gasteiger charge is 2.28. The van der Waals surface area contributed by atoms with Crippen LogP contribution in [0.3, 0.4) is 0 Å². The van der Waals surface area contributed by atoms with Gasteiger partial charge in [-0.2, -0.15) is 0 Å². The van der Waals surface area contributed by atoms with E-state index < -0.39 is 9.84 Å². The number of nitrogens with one attached hydrogen (secondary N) is 2. The van der Waals surface area contributed by atoms with Gasteiger partial charge in [-0.3, -0.25) is 4.99 Å². The van der Waals surface area contributed by atoms with E-state index in [2.05, 4.69) is 15.6 Å². The largest absolute Gasteiger partial charge is 0.467 e. The highest BCUT2D eigenvalue weighted by atomic mass is 32.2. The van der Waals surface area contributed by atoms with Crippen LogP contribution in [0.1, 0.15) is 24.5 Å². The predicted molar refractivity (Wildman–Crippen MR) is 96.6 cm³/mol. The van der Waals surface area contributed by atoms with Gasteiger partial charge in [-0.15, -0.1) is 0 Å². The number of benzene rings is 1. The zero-order valence-electron chi connectivity index (χ0n) is 14.8. The first-order valence-electron chi connectivity index (χ1n) is 8.74. The van der Waals surface area contributed by atoms with E-state index in [0.717, 1.165) is 5.56 Å². The molecule has 0 amide bonds. The summed E-state index contributed by atoms with van der Waals surface area (Å²) in [5, 5.41) is 6.28. The SMILES string of the molecule is CCNC(=NCCc1cc(F)cc2c1OCOC2)NC1CCS(=O)(=O)C1. The fourth-order valence-electron chi connectivity index (χ4n) is 3.15. The molecular formula is C17H24FN3O4S.